The van der Waals surface area contributed by atoms with Crippen molar-refractivity contribution in [1.82, 2.24) is 4.90 Å². The molecule has 0 aromatic heterocycles. The summed E-state index contributed by atoms with van der Waals surface area (Å²) < 4.78 is 11.4. The number of rotatable bonds is 6. The maximum Gasteiger partial charge on any atom is 0.119 e. The van der Waals surface area contributed by atoms with Gasteiger partial charge in [0.05, 0.1) is 25.4 Å². The molecule has 1 aromatic rings. The first kappa shape index (κ1) is 16.7. The molecule has 1 heterocycles. The lowest BCUT2D eigenvalue weighted by molar-refractivity contribution is -0.0435. The lowest BCUT2D eigenvalue weighted by Crippen LogP contribution is -2.40. The van der Waals surface area contributed by atoms with Crippen molar-refractivity contribution in [1.29, 1.82) is 0 Å². The average Bonchev–Trinajstić information content (AvgIpc) is 3.09. The number of piperidine rings is 1. The Balaban J connectivity index is 1.44. The van der Waals surface area contributed by atoms with Crippen LogP contribution in [-0.2, 0) is 4.74 Å². The molecule has 0 bridgehead atoms. The first-order valence-electron chi connectivity index (χ1n) is 8.94. The quantitative estimate of drug-likeness (QED) is 0.874. The summed E-state index contributed by atoms with van der Waals surface area (Å²) in [4.78, 5) is 2.35. The predicted molar refractivity (Wildman–Crippen MR) is 90.8 cm³/mol. The molecule has 0 spiro atoms. The van der Waals surface area contributed by atoms with Crippen molar-refractivity contribution in [3.63, 3.8) is 0 Å². The van der Waals surface area contributed by atoms with Gasteiger partial charge in [0, 0.05) is 19.6 Å². The highest BCUT2D eigenvalue weighted by molar-refractivity contribution is 5.29. The van der Waals surface area contributed by atoms with Crippen LogP contribution in [0.2, 0.25) is 0 Å². The van der Waals surface area contributed by atoms with Crippen molar-refractivity contribution in [3.8, 4) is 5.75 Å². The molecule has 3 rings (SSSR count). The molecule has 2 aliphatic rings. The van der Waals surface area contributed by atoms with Crippen molar-refractivity contribution in [2.45, 2.75) is 56.8 Å². The minimum atomic E-state index is -0.461. The molecule has 1 saturated heterocycles. The summed E-state index contributed by atoms with van der Waals surface area (Å²) >= 11 is 0. The highest BCUT2D eigenvalue weighted by Crippen LogP contribution is 2.26. The lowest BCUT2D eigenvalue weighted by Gasteiger charge is -2.34. The van der Waals surface area contributed by atoms with Gasteiger partial charge >= 0.3 is 0 Å². The van der Waals surface area contributed by atoms with Crippen LogP contribution in [0, 0.1) is 0 Å². The van der Waals surface area contributed by atoms with Gasteiger partial charge in [-0.2, -0.15) is 0 Å². The molecule has 23 heavy (non-hydrogen) atoms. The average molecular weight is 319 g/mol. The molecule has 0 radical (unpaired) electrons. The van der Waals surface area contributed by atoms with Gasteiger partial charge in [0.1, 0.15) is 5.75 Å². The van der Waals surface area contributed by atoms with Crippen molar-refractivity contribution in [2.75, 3.05) is 26.7 Å². The fourth-order valence-corrected chi connectivity index (χ4v) is 3.72. The minimum absolute atomic E-state index is 0.420. The molecule has 4 heteroatoms. The highest BCUT2D eigenvalue weighted by Gasteiger charge is 2.25. The number of methoxy groups -OCH3 is 1. The SMILES string of the molecule is COc1cccc([C@@H](O)CN2CCC(OC3CCCC3)CC2)c1. The Morgan fingerprint density at radius 1 is 1.13 bits per heavy atom. The molecule has 1 saturated carbocycles. The Labute approximate surface area is 139 Å². The van der Waals surface area contributed by atoms with E-state index < -0.39 is 6.10 Å². The van der Waals surface area contributed by atoms with Crippen molar-refractivity contribution in [3.05, 3.63) is 29.8 Å². The third-order valence-corrected chi connectivity index (χ3v) is 5.13. The summed E-state index contributed by atoms with van der Waals surface area (Å²) in [6, 6.07) is 7.71. The summed E-state index contributed by atoms with van der Waals surface area (Å²) in [7, 11) is 1.65. The van der Waals surface area contributed by atoms with Crippen LogP contribution in [0.1, 0.15) is 50.2 Å². The Hall–Kier alpha value is -1.10. The third kappa shape index (κ3) is 4.69. The molecule has 2 fully saturated rings. The molecular formula is C19H29NO3. The predicted octanol–water partition coefficient (Wildman–Crippen LogP) is 3.15. The lowest BCUT2D eigenvalue weighted by atomic mass is 10.0. The van der Waals surface area contributed by atoms with Gasteiger partial charge in [-0.05, 0) is 43.4 Å². The normalized spacial score (nSPS) is 22.3. The van der Waals surface area contributed by atoms with E-state index in [1.807, 2.05) is 24.3 Å². The van der Waals surface area contributed by atoms with Crippen LogP contribution in [0.5, 0.6) is 5.75 Å². The van der Waals surface area contributed by atoms with E-state index in [9.17, 15) is 5.11 Å². The van der Waals surface area contributed by atoms with E-state index in [0.717, 1.165) is 37.2 Å². The number of likely N-dealkylation sites (tertiary alicyclic amines) is 1. The molecule has 0 unspecified atom stereocenters. The van der Waals surface area contributed by atoms with E-state index in [0.29, 0.717) is 18.8 Å². The summed E-state index contributed by atoms with van der Waals surface area (Å²) in [5, 5.41) is 10.5. The van der Waals surface area contributed by atoms with E-state index >= 15 is 0 Å². The maximum absolute atomic E-state index is 10.5. The van der Waals surface area contributed by atoms with Crippen LogP contribution in [0.3, 0.4) is 0 Å². The number of aliphatic hydroxyl groups is 1. The second-order valence-electron chi connectivity index (χ2n) is 6.83. The Kier molecular flexibility index (Phi) is 5.92. The third-order valence-electron chi connectivity index (χ3n) is 5.13. The molecule has 128 valence electrons. The number of benzene rings is 1. The molecular weight excluding hydrogens is 290 g/mol. The number of hydrogen-bond acceptors (Lipinski definition) is 4. The van der Waals surface area contributed by atoms with Gasteiger partial charge in [-0.15, -0.1) is 0 Å². The molecule has 1 aromatic carbocycles. The Bertz CT molecular complexity index is 479. The van der Waals surface area contributed by atoms with Crippen molar-refractivity contribution >= 4 is 0 Å². The monoisotopic (exact) mass is 319 g/mol. The number of β-amino-alcohol motifs (C(OH)–C–C–N with tert-alkyl or cyclic N) is 1. The first-order chi connectivity index (χ1) is 11.2. The number of hydrogen-bond donors (Lipinski definition) is 1. The minimum Gasteiger partial charge on any atom is -0.497 e. The number of nitrogens with zero attached hydrogens (tertiary/aromatic N) is 1. The summed E-state index contributed by atoms with van der Waals surface area (Å²) in [5.41, 5.74) is 0.925. The molecule has 4 nitrogen and oxygen atoms in total. The van der Waals surface area contributed by atoms with Gasteiger partial charge in [0.25, 0.3) is 0 Å². The first-order valence-corrected chi connectivity index (χ1v) is 8.94. The molecule has 1 aliphatic heterocycles. The second-order valence-corrected chi connectivity index (χ2v) is 6.83. The topological polar surface area (TPSA) is 41.9 Å². The molecule has 1 N–H and O–H groups in total. The van der Waals surface area contributed by atoms with Gasteiger partial charge in [-0.3, -0.25) is 0 Å². The fraction of sp³-hybridized carbons (Fsp3) is 0.684. The van der Waals surface area contributed by atoms with Crippen molar-refractivity contribution in [2.24, 2.45) is 0 Å². The van der Waals surface area contributed by atoms with Crippen LogP contribution in [-0.4, -0.2) is 49.0 Å². The van der Waals surface area contributed by atoms with Crippen LogP contribution < -0.4 is 4.74 Å². The van der Waals surface area contributed by atoms with E-state index in [4.69, 9.17) is 9.47 Å². The van der Waals surface area contributed by atoms with E-state index in [1.165, 1.54) is 25.7 Å². The summed E-state index contributed by atoms with van der Waals surface area (Å²) in [6.07, 6.45) is 7.79. The Morgan fingerprint density at radius 2 is 1.83 bits per heavy atom. The number of aliphatic hydroxyl groups excluding tert-OH is 1. The van der Waals surface area contributed by atoms with Crippen LogP contribution in [0.15, 0.2) is 24.3 Å². The maximum atomic E-state index is 10.5. The second kappa shape index (κ2) is 8.13. The van der Waals surface area contributed by atoms with Gasteiger partial charge in [0.2, 0.25) is 0 Å². The number of ether oxygens (including phenoxy) is 2. The van der Waals surface area contributed by atoms with Gasteiger partial charge in [0.15, 0.2) is 0 Å². The van der Waals surface area contributed by atoms with Crippen molar-refractivity contribution < 1.29 is 14.6 Å². The van der Waals surface area contributed by atoms with Gasteiger partial charge in [-0.1, -0.05) is 25.0 Å². The molecule has 1 aliphatic carbocycles. The molecule has 1 atom stereocenters. The van der Waals surface area contributed by atoms with Crippen LogP contribution >= 0.6 is 0 Å². The zero-order valence-corrected chi connectivity index (χ0v) is 14.1. The fourth-order valence-electron chi connectivity index (χ4n) is 3.72. The van der Waals surface area contributed by atoms with Crippen LogP contribution in [0.4, 0.5) is 0 Å². The highest BCUT2D eigenvalue weighted by atomic mass is 16.5. The zero-order valence-electron chi connectivity index (χ0n) is 14.1. The summed E-state index contributed by atoms with van der Waals surface area (Å²) in [5.74, 6) is 0.797. The Morgan fingerprint density at radius 3 is 2.52 bits per heavy atom. The standard InChI is InChI=1S/C19H29NO3/c1-22-18-8-4-5-15(13-18)19(21)14-20-11-9-17(10-12-20)23-16-6-2-3-7-16/h4-5,8,13,16-17,19,21H,2-3,6-7,9-12,14H2,1H3/t19-/m0/s1. The smallest absolute Gasteiger partial charge is 0.119 e. The largest absolute Gasteiger partial charge is 0.497 e. The zero-order chi connectivity index (χ0) is 16.1. The van der Waals surface area contributed by atoms with E-state index in [2.05, 4.69) is 4.90 Å². The van der Waals surface area contributed by atoms with Gasteiger partial charge < -0.3 is 19.5 Å². The van der Waals surface area contributed by atoms with E-state index in [1.54, 1.807) is 7.11 Å². The van der Waals surface area contributed by atoms with E-state index in [-0.39, 0.29) is 0 Å². The summed E-state index contributed by atoms with van der Waals surface area (Å²) in [6.45, 7) is 2.71. The van der Waals surface area contributed by atoms with Gasteiger partial charge in [-0.25, -0.2) is 0 Å². The molecule has 0 amide bonds. The van der Waals surface area contributed by atoms with Crippen LogP contribution in [0.25, 0.3) is 0 Å².